The van der Waals surface area contributed by atoms with E-state index >= 15 is 0 Å². The summed E-state index contributed by atoms with van der Waals surface area (Å²) in [5, 5.41) is 10.8. The molecule has 4 rings (SSSR count). The number of rotatable bonds is 7. The molecule has 10 nitrogen and oxygen atoms in total. The lowest BCUT2D eigenvalue weighted by Gasteiger charge is -2.30. The molecule has 1 aliphatic rings. The molecule has 0 saturated heterocycles. The van der Waals surface area contributed by atoms with Crippen LogP contribution in [0.4, 0.5) is 11.6 Å². The predicted octanol–water partition coefficient (Wildman–Crippen LogP) is 3.89. The Morgan fingerprint density at radius 2 is 1.79 bits per heavy atom. The minimum Gasteiger partial charge on any atom is -0.495 e. The number of aromatic nitrogens is 3. The minimum absolute atomic E-state index is 0.360. The topological polar surface area (TPSA) is 109 Å². The largest absolute Gasteiger partial charge is 0.495 e. The first-order valence-electron chi connectivity index (χ1n) is 10.2. The number of nitrogens with one attached hydrogen (secondary N) is 2. The number of halogens is 1. The van der Waals surface area contributed by atoms with Gasteiger partial charge in [-0.2, -0.15) is 10.1 Å². The van der Waals surface area contributed by atoms with Gasteiger partial charge in [0.05, 0.1) is 44.7 Å². The Balaban J connectivity index is 1.83. The highest BCUT2D eigenvalue weighted by Crippen LogP contribution is 2.43. The van der Waals surface area contributed by atoms with Crippen molar-refractivity contribution in [1.82, 2.24) is 14.8 Å². The second-order valence-corrected chi connectivity index (χ2v) is 7.73. The van der Waals surface area contributed by atoms with E-state index in [0.717, 1.165) is 0 Å². The molecule has 0 aliphatic carbocycles. The first-order valence-corrected chi connectivity index (χ1v) is 10.6. The molecular formula is C23H24ClN5O5. The molecule has 2 N–H and O–H groups in total. The summed E-state index contributed by atoms with van der Waals surface area (Å²) in [5.41, 5.74) is 2.09. The van der Waals surface area contributed by atoms with Gasteiger partial charge in [0.15, 0.2) is 11.5 Å². The van der Waals surface area contributed by atoms with E-state index < -0.39 is 6.04 Å². The standard InChI is InChI=1S/C23H24ClN5O5/c1-12-19(22(30)28-15-10-17(32-3)14(24)9-18(15)33-4)20(29-23(27-12)25-11-26-29)13-7-6-8-16(31-2)21(13)34-5/h6-11,20H,1-5H3,(H,28,30)(H,25,26,27)/t20-/m0/s1. The molecule has 1 aliphatic heterocycles. The summed E-state index contributed by atoms with van der Waals surface area (Å²) in [5.74, 6) is 1.91. The maximum atomic E-state index is 13.7. The summed E-state index contributed by atoms with van der Waals surface area (Å²) in [6, 6.07) is 8.00. The number of benzene rings is 2. The highest BCUT2D eigenvalue weighted by Gasteiger charge is 2.36. The van der Waals surface area contributed by atoms with Crippen molar-refractivity contribution in [2.24, 2.45) is 0 Å². The van der Waals surface area contributed by atoms with Crippen LogP contribution < -0.4 is 29.6 Å². The summed E-state index contributed by atoms with van der Waals surface area (Å²) < 4.78 is 23.5. The van der Waals surface area contributed by atoms with E-state index in [9.17, 15) is 4.79 Å². The SMILES string of the molecule is COc1cc(NC(=O)C2=C(C)Nc3ncnn3[C@H]2c2cccc(OC)c2OC)c(OC)cc1Cl. The monoisotopic (exact) mass is 485 g/mol. The number of para-hydroxylation sites is 1. The maximum Gasteiger partial charge on any atom is 0.255 e. The normalized spacial score (nSPS) is 14.7. The van der Waals surface area contributed by atoms with Crippen LogP contribution in [-0.4, -0.2) is 49.1 Å². The average molecular weight is 486 g/mol. The van der Waals surface area contributed by atoms with Gasteiger partial charge in [0.2, 0.25) is 5.95 Å². The first-order chi connectivity index (χ1) is 16.4. The molecule has 2 aromatic carbocycles. The molecule has 0 fully saturated rings. The zero-order valence-electron chi connectivity index (χ0n) is 19.3. The lowest BCUT2D eigenvalue weighted by Crippen LogP contribution is -2.31. The summed E-state index contributed by atoms with van der Waals surface area (Å²) in [4.78, 5) is 18.0. The summed E-state index contributed by atoms with van der Waals surface area (Å²) in [6.45, 7) is 1.80. The van der Waals surface area contributed by atoms with Gasteiger partial charge < -0.3 is 29.6 Å². The van der Waals surface area contributed by atoms with Crippen LogP contribution in [0.5, 0.6) is 23.0 Å². The third kappa shape index (κ3) is 3.96. The Labute approximate surface area is 201 Å². The number of fused-ring (bicyclic) bond motifs is 1. The molecule has 0 saturated carbocycles. The fraction of sp³-hybridized carbons (Fsp3) is 0.261. The fourth-order valence-corrected chi connectivity index (χ4v) is 4.18. The van der Waals surface area contributed by atoms with Crippen molar-refractivity contribution >= 4 is 29.1 Å². The molecule has 1 atom stereocenters. The Kier molecular flexibility index (Phi) is 6.51. The van der Waals surface area contributed by atoms with Crippen molar-refractivity contribution in [2.45, 2.75) is 13.0 Å². The van der Waals surface area contributed by atoms with Gasteiger partial charge in [0, 0.05) is 23.4 Å². The second-order valence-electron chi connectivity index (χ2n) is 7.32. The number of nitrogens with zero attached hydrogens (tertiary/aromatic N) is 3. The first kappa shape index (κ1) is 23.2. The van der Waals surface area contributed by atoms with Crippen LogP contribution >= 0.6 is 11.6 Å². The van der Waals surface area contributed by atoms with Gasteiger partial charge in [0.1, 0.15) is 23.9 Å². The van der Waals surface area contributed by atoms with Crippen molar-refractivity contribution in [3.63, 3.8) is 0 Å². The molecule has 0 unspecified atom stereocenters. The number of amides is 1. The highest BCUT2D eigenvalue weighted by atomic mass is 35.5. The summed E-state index contributed by atoms with van der Waals surface area (Å²) in [7, 11) is 6.09. The van der Waals surface area contributed by atoms with E-state index in [1.165, 1.54) is 20.5 Å². The molecule has 3 aromatic rings. The van der Waals surface area contributed by atoms with Crippen LogP contribution in [0.3, 0.4) is 0 Å². The van der Waals surface area contributed by atoms with Crippen LogP contribution in [0.2, 0.25) is 5.02 Å². The van der Waals surface area contributed by atoms with Crippen molar-refractivity contribution < 1.29 is 23.7 Å². The lowest BCUT2D eigenvalue weighted by molar-refractivity contribution is -0.113. The van der Waals surface area contributed by atoms with Gasteiger partial charge in [-0.15, -0.1) is 0 Å². The van der Waals surface area contributed by atoms with Crippen LogP contribution in [0, 0.1) is 0 Å². The van der Waals surface area contributed by atoms with E-state index in [1.54, 1.807) is 44.0 Å². The molecule has 1 amide bonds. The van der Waals surface area contributed by atoms with Gasteiger partial charge in [-0.1, -0.05) is 23.7 Å². The van der Waals surface area contributed by atoms with Crippen LogP contribution in [0.15, 0.2) is 47.9 Å². The number of carbonyl (C=O) groups is 1. The fourth-order valence-electron chi connectivity index (χ4n) is 3.95. The van der Waals surface area contributed by atoms with Crippen LogP contribution in [-0.2, 0) is 4.79 Å². The van der Waals surface area contributed by atoms with Crippen molar-refractivity contribution in [3.8, 4) is 23.0 Å². The van der Waals surface area contributed by atoms with Gasteiger partial charge in [-0.25, -0.2) is 4.68 Å². The Hall–Kier alpha value is -3.92. The van der Waals surface area contributed by atoms with Crippen LogP contribution in [0.25, 0.3) is 0 Å². The number of anilines is 2. The van der Waals surface area contributed by atoms with Gasteiger partial charge in [-0.05, 0) is 13.0 Å². The zero-order chi connectivity index (χ0) is 24.4. The molecular weight excluding hydrogens is 462 g/mol. The van der Waals surface area contributed by atoms with Crippen LogP contribution in [0.1, 0.15) is 18.5 Å². The van der Waals surface area contributed by atoms with E-state index in [4.69, 9.17) is 30.5 Å². The number of carbonyl (C=O) groups excluding carboxylic acids is 1. The lowest BCUT2D eigenvalue weighted by atomic mass is 9.94. The number of hydrogen-bond donors (Lipinski definition) is 2. The van der Waals surface area contributed by atoms with E-state index in [2.05, 4.69) is 20.7 Å². The zero-order valence-corrected chi connectivity index (χ0v) is 20.1. The number of methoxy groups -OCH3 is 4. The molecule has 0 radical (unpaired) electrons. The van der Waals surface area contributed by atoms with E-state index in [1.807, 2.05) is 12.1 Å². The Morgan fingerprint density at radius 3 is 2.47 bits per heavy atom. The molecule has 11 heteroatoms. The van der Waals surface area contributed by atoms with Gasteiger partial charge in [-0.3, -0.25) is 4.79 Å². The number of hydrogen-bond acceptors (Lipinski definition) is 8. The van der Waals surface area contributed by atoms with Crippen molar-refractivity contribution in [2.75, 3.05) is 39.1 Å². The van der Waals surface area contributed by atoms with Crippen molar-refractivity contribution in [1.29, 1.82) is 0 Å². The second kappa shape index (κ2) is 9.52. The van der Waals surface area contributed by atoms with Crippen molar-refractivity contribution in [3.05, 3.63) is 58.5 Å². The van der Waals surface area contributed by atoms with E-state index in [0.29, 0.717) is 56.5 Å². The summed E-state index contributed by atoms with van der Waals surface area (Å²) >= 11 is 6.22. The van der Waals surface area contributed by atoms with E-state index in [-0.39, 0.29) is 5.91 Å². The molecule has 0 spiro atoms. The number of allylic oxidation sites excluding steroid dienone is 1. The number of ether oxygens (including phenoxy) is 4. The summed E-state index contributed by atoms with van der Waals surface area (Å²) in [6.07, 6.45) is 1.42. The maximum absolute atomic E-state index is 13.7. The average Bonchev–Trinajstić information content (AvgIpc) is 3.31. The molecule has 34 heavy (non-hydrogen) atoms. The molecule has 178 valence electrons. The third-order valence-electron chi connectivity index (χ3n) is 5.49. The van der Waals surface area contributed by atoms with Gasteiger partial charge >= 0.3 is 0 Å². The van der Waals surface area contributed by atoms with Gasteiger partial charge in [0.25, 0.3) is 5.91 Å². The molecule has 0 bridgehead atoms. The molecule has 1 aromatic heterocycles. The third-order valence-corrected chi connectivity index (χ3v) is 5.78. The smallest absolute Gasteiger partial charge is 0.255 e. The Morgan fingerprint density at radius 1 is 1.06 bits per heavy atom. The quantitative estimate of drug-likeness (QED) is 0.518. The predicted molar refractivity (Wildman–Crippen MR) is 127 cm³/mol. The Bertz CT molecular complexity index is 1270. The molecule has 2 heterocycles. The minimum atomic E-state index is -0.649. The highest BCUT2D eigenvalue weighted by molar-refractivity contribution is 6.32.